The molecule has 1 aliphatic rings. The predicted octanol–water partition coefficient (Wildman–Crippen LogP) is 3.11. The van der Waals surface area contributed by atoms with Crippen LogP contribution in [0.1, 0.15) is 43.0 Å². The molecule has 0 saturated heterocycles. The first-order chi connectivity index (χ1) is 8.56. The fraction of sp³-hybridized carbons (Fsp3) is 0.600. The van der Waals surface area contributed by atoms with Gasteiger partial charge in [0.2, 0.25) is 5.78 Å². The van der Waals surface area contributed by atoms with Crippen LogP contribution in [0.2, 0.25) is 0 Å². The maximum atomic E-state index is 4.72. The van der Waals surface area contributed by atoms with E-state index in [1.807, 2.05) is 6.92 Å². The first-order valence-electron chi connectivity index (χ1n) is 6.90. The summed E-state index contributed by atoms with van der Waals surface area (Å²) in [5.41, 5.74) is 4.99. The lowest BCUT2D eigenvalue weighted by molar-refractivity contribution is 0.337. The van der Waals surface area contributed by atoms with Gasteiger partial charge in [-0.1, -0.05) is 13.8 Å². The van der Waals surface area contributed by atoms with E-state index in [0.717, 1.165) is 36.1 Å². The van der Waals surface area contributed by atoms with Crippen LogP contribution in [0, 0.1) is 25.7 Å². The SMILES string of the molecule is Cc1cc(C)n2c3c(nc2n1)CCC(C(C)C)C3. The molecule has 2 aromatic heterocycles. The lowest BCUT2D eigenvalue weighted by Gasteiger charge is -2.25. The number of aryl methyl sites for hydroxylation is 3. The van der Waals surface area contributed by atoms with Crippen LogP contribution in [0.5, 0.6) is 0 Å². The van der Waals surface area contributed by atoms with Crippen LogP contribution >= 0.6 is 0 Å². The highest BCUT2D eigenvalue weighted by atomic mass is 15.1. The zero-order valence-corrected chi connectivity index (χ0v) is 11.7. The molecule has 96 valence electrons. The van der Waals surface area contributed by atoms with E-state index in [0.29, 0.717) is 0 Å². The van der Waals surface area contributed by atoms with Gasteiger partial charge in [0.15, 0.2) is 0 Å². The van der Waals surface area contributed by atoms with E-state index < -0.39 is 0 Å². The van der Waals surface area contributed by atoms with Crippen molar-refractivity contribution in [3.63, 3.8) is 0 Å². The Morgan fingerprint density at radius 1 is 1.28 bits per heavy atom. The first kappa shape index (κ1) is 11.7. The molecule has 1 aliphatic carbocycles. The van der Waals surface area contributed by atoms with Crippen LogP contribution < -0.4 is 0 Å². The Morgan fingerprint density at radius 2 is 2.06 bits per heavy atom. The highest BCUT2D eigenvalue weighted by molar-refractivity contribution is 5.40. The van der Waals surface area contributed by atoms with Crippen LogP contribution in [0.25, 0.3) is 5.78 Å². The van der Waals surface area contributed by atoms with E-state index in [4.69, 9.17) is 4.98 Å². The lowest BCUT2D eigenvalue weighted by Crippen LogP contribution is -2.20. The Labute approximate surface area is 108 Å². The predicted molar refractivity (Wildman–Crippen MR) is 72.8 cm³/mol. The van der Waals surface area contributed by atoms with Gasteiger partial charge in [0, 0.05) is 17.1 Å². The number of fused-ring (bicyclic) bond motifs is 3. The van der Waals surface area contributed by atoms with Crippen molar-refractivity contribution >= 4 is 5.78 Å². The van der Waals surface area contributed by atoms with E-state index >= 15 is 0 Å². The largest absolute Gasteiger partial charge is 0.285 e. The Morgan fingerprint density at radius 3 is 2.78 bits per heavy atom. The molecule has 1 atom stereocenters. The number of rotatable bonds is 1. The fourth-order valence-corrected chi connectivity index (χ4v) is 3.14. The van der Waals surface area contributed by atoms with Gasteiger partial charge in [0.25, 0.3) is 0 Å². The third kappa shape index (κ3) is 1.73. The normalized spacial score (nSPS) is 19.5. The van der Waals surface area contributed by atoms with Gasteiger partial charge in [0.1, 0.15) is 0 Å². The van der Waals surface area contributed by atoms with Crippen LogP contribution in [0.4, 0.5) is 0 Å². The number of imidazole rings is 1. The second-order valence-electron chi connectivity index (χ2n) is 5.93. The van der Waals surface area contributed by atoms with Crippen molar-refractivity contribution in [3.8, 4) is 0 Å². The average molecular weight is 243 g/mol. The maximum Gasteiger partial charge on any atom is 0.234 e. The molecule has 3 heteroatoms. The summed E-state index contributed by atoms with van der Waals surface area (Å²) in [5, 5.41) is 0. The molecule has 1 unspecified atom stereocenters. The summed E-state index contributed by atoms with van der Waals surface area (Å²) in [6.45, 7) is 8.85. The summed E-state index contributed by atoms with van der Waals surface area (Å²) >= 11 is 0. The first-order valence-corrected chi connectivity index (χ1v) is 6.90. The standard InChI is InChI=1S/C15H21N3/c1-9(2)12-5-6-13-14(8-12)18-11(4)7-10(3)16-15(18)17-13/h7,9,12H,5-6,8H2,1-4H3. The molecular formula is C15H21N3. The third-order valence-corrected chi connectivity index (χ3v) is 4.24. The van der Waals surface area contributed by atoms with Gasteiger partial charge in [-0.2, -0.15) is 0 Å². The molecule has 0 aliphatic heterocycles. The molecule has 18 heavy (non-hydrogen) atoms. The van der Waals surface area contributed by atoms with Gasteiger partial charge in [-0.15, -0.1) is 0 Å². The highest BCUT2D eigenvalue weighted by Gasteiger charge is 2.26. The van der Waals surface area contributed by atoms with Crippen molar-refractivity contribution in [2.45, 2.75) is 47.0 Å². The zero-order chi connectivity index (χ0) is 12.9. The maximum absolute atomic E-state index is 4.72. The summed E-state index contributed by atoms with van der Waals surface area (Å²) in [5.74, 6) is 2.43. The van der Waals surface area contributed by atoms with Gasteiger partial charge in [-0.25, -0.2) is 9.97 Å². The minimum atomic E-state index is 0.752. The van der Waals surface area contributed by atoms with Gasteiger partial charge >= 0.3 is 0 Å². The van der Waals surface area contributed by atoms with Crippen molar-refractivity contribution in [2.24, 2.45) is 11.8 Å². The summed E-state index contributed by atoms with van der Waals surface area (Å²) in [6, 6.07) is 2.15. The summed E-state index contributed by atoms with van der Waals surface area (Å²) in [7, 11) is 0. The van der Waals surface area contributed by atoms with Crippen molar-refractivity contribution in [1.82, 2.24) is 14.4 Å². The number of nitrogens with zero attached hydrogens (tertiary/aromatic N) is 3. The Kier molecular flexibility index (Phi) is 2.65. The van der Waals surface area contributed by atoms with Crippen molar-refractivity contribution in [1.29, 1.82) is 0 Å². The Bertz CT molecular complexity index is 595. The summed E-state index contributed by atoms with van der Waals surface area (Å²) in [6.07, 6.45) is 3.53. The average Bonchev–Trinajstić information content (AvgIpc) is 2.65. The fourth-order valence-electron chi connectivity index (χ4n) is 3.14. The molecule has 0 radical (unpaired) electrons. The van der Waals surface area contributed by atoms with Crippen LogP contribution in [0.3, 0.4) is 0 Å². The number of aromatic nitrogens is 3. The minimum Gasteiger partial charge on any atom is -0.285 e. The summed E-state index contributed by atoms with van der Waals surface area (Å²) in [4.78, 5) is 9.28. The van der Waals surface area contributed by atoms with E-state index in [1.54, 1.807) is 0 Å². The molecule has 3 rings (SSSR count). The van der Waals surface area contributed by atoms with Gasteiger partial charge in [0.05, 0.1) is 5.69 Å². The van der Waals surface area contributed by atoms with Gasteiger partial charge in [-0.05, 0) is 51.0 Å². The Hall–Kier alpha value is -1.38. The molecule has 0 spiro atoms. The van der Waals surface area contributed by atoms with Gasteiger partial charge < -0.3 is 0 Å². The van der Waals surface area contributed by atoms with E-state index in [9.17, 15) is 0 Å². The van der Waals surface area contributed by atoms with Crippen molar-refractivity contribution in [3.05, 3.63) is 28.8 Å². The Balaban J connectivity index is 2.15. The lowest BCUT2D eigenvalue weighted by atomic mass is 9.82. The van der Waals surface area contributed by atoms with Crippen LogP contribution in [0.15, 0.2) is 6.07 Å². The quantitative estimate of drug-likeness (QED) is 0.770. The number of hydrogen-bond acceptors (Lipinski definition) is 2. The molecule has 0 aromatic carbocycles. The molecular weight excluding hydrogens is 222 g/mol. The molecule has 0 fully saturated rings. The molecule has 2 heterocycles. The molecule has 0 N–H and O–H groups in total. The third-order valence-electron chi connectivity index (χ3n) is 4.24. The van der Waals surface area contributed by atoms with Crippen molar-refractivity contribution in [2.75, 3.05) is 0 Å². The van der Waals surface area contributed by atoms with Gasteiger partial charge in [-0.3, -0.25) is 4.40 Å². The molecule has 2 aromatic rings. The van der Waals surface area contributed by atoms with E-state index in [-0.39, 0.29) is 0 Å². The molecule has 0 amide bonds. The smallest absolute Gasteiger partial charge is 0.234 e. The van der Waals surface area contributed by atoms with Crippen LogP contribution in [-0.2, 0) is 12.8 Å². The van der Waals surface area contributed by atoms with E-state index in [2.05, 4.69) is 36.2 Å². The molecule has 0 saturated carbocycles. The monoisotopic (exact) mass is 243 g/mol. The second-order valence-corrected chi connectivity index (χ2v) is 5.93. The number of hydrogen-bond donors (Lipinski definition) is 0. The summed E-state index contributed by atoms with van der Waals surface area (Å²) < 4.78 is 2.26. The zero-order valence-electron chi connectivity index (χ0n) is 11.7. The minimum absolute atomic E-state index is 0.752. The topological polar surface area (TPSA) is 30.2 Å². The molecule has 3 nitrogen and oxygen atoms in total. The second kappa shape index (κ2) is 4.08. The van der Waals surface area contributed by atoms with E-state index in [1.165, 1.54) is 23.5 Å². The highest BCUT2D eigenvalue weighted by Crippen LogP contribution is 2.30. The van der Waals surface area contributed by atoms with Crippen molar-refractivity contribution < 1.29 is 0 Å². The van der Waals surface area contributed by atoms with Crippen LogP contribution in [-0.4, -0.2) is 14.4 Å². The molecule has 0 bridgehead atoms.